The fraction of sp³-hybridized carbons (Fsp3) is 0.256. The molecule has 0 aliphatic rings. The van der Waals surface area contributed by atoms with Gasteiger partial charge in [-0.2, -0.15) is 0 Å². The van der Waals surface area contributed by atoms with Gasteiger partial charge in [-0.05, 0) is 98.3 Å². The van der Waals surface area contributed by atoms with E-state index in [0.717, 1.165) is 46.0 Å². The number of aromatic nitrogens is 1. The van der Waals surface area contributed by atoms with Crippen molar-refractivity contribution in [2.75, 3.05) is 14.2 Å². The van der Waals surface area contributed by atoms with E-state index in [0.29, 0.717) is 12.1 Å². The summed E-state index contributed by atoms with van der Waals surface area (Å²) >= 11 is 0. The van der Waals surface area contributed by atoms with Gasteiger partial charge in [-0.25, -0.2) is 4.79 Å². The number of methoxy groups -OCH3 is 2. The van der Waals surface area contributed by atoms with E-state index in [1.807, 2.05) is 63.2 Å². The second-order valence-electron chi connectivity index (χ2n) is 12.3. The number of hydrogen-bond acceptors (Lipinski definition) is 5. The summed E-state index contributed by atoms with van der Waals surface area (Å²) in [5.74, 6) is 1.20. The molecule has 1 heterocycles. The summed E-state index contributed by atoms with van der Waals surface area (Å²) in [5, 5.41) is 4.67. The Balaban J connectivity index is 1.34. The van der Waals surface area contributed by atoms with Crippen LogP contribution in [0, 0.1) is 13.8 Å². The summed E-state index contributed by atoms with van der Waals surface area (Å²) in [5.41, 5.74) is 9.64. The molecule has 6 nitrogen and oxygen atoms in total. The highest BCUT2D eigenvalue weighted by Crippen LogP contribution is 2.31. The Labute approximate surface area is 266 Å². The molecule has 1 aromatic heterocycles. The maximum Gasteiger partial charge on any atom is 0.339 e. The molecular weight excluding hydrogens is 560 g/mol. The Hall–Kier alpha value is -4.97. The van der Waals surface area contributed by atoms with Gasteiger partial charge in [0.1, 0.15) is 17.1 Å². The highest BCUT2D eigenvalue weighted by atomic mass is 16.6. The van der Waals surface area contributed by atoms with Crippen molar-refractivity contribution in [1.29, 1.82) is 0 Å². The molecule has 45 heavy (non-hydrogen) atoms. The van der Waals surface area contributed by atoms with Crippen molar-refractivity contribution in [3.05, 3.63) is 125 Å². The van der Waals surface area contributed by atoms with Crippen LogP contribution in [0.2, 0.25) is 0 Å². The van der Waals surface area contributed by atoms with Gasteiger partial charge in [-0.1, -0.05) is 55.1 Å². The van der Waals surface area contributed by atoms with E-state index in [2.05, 4.69) is 72.8 Å². The molecule has 6 heteroatoms. The lowest BCUT2D eigenvalue weighted by Gasteiger charge is -2.20. The summed E-state index contributed by atoms with van der Waals surface area (Å²) in [6.45, 7) is 15.6. The predicted molar refractivity (Wildman–Crippen MR) is 183 cm³/mol. The molecule has 5 aromatic rings. The van der Waals surface area contributed by atoms with Crippen LogP contribution in [0.5, 0.6) is 11.5 Å². The summed E-state index contributed by atoms with van der Waals surface area (Å²) in [7, 11) is 3.31. The van der Waals surface area contributed by atoms with Gasteiger partial charge in [-0.15, -0.1) is 0 Å². The highest BCUT2D eigenvalue weighted by molar-refractivity contribution is 5.97. The molecule has 0 spiro atoms. The van der Waals surface area contributed by atoms with Crippen LogP contribution >= 0.6 is 0 Å². The highest BCUT2D eigenvalue weighted by Gasteiger charge is 2.21. The molecule has 0 unspecified atom stereocenters. The topological polar surface area (TPSA) is 61.7 Å². The largest absolute Gasteiger partial charge is 0.497 e. The summed E-state index contributed by atoms with van der Waals surface area (Å²) in [6.07, 6.45) is 0. The van der Waals surface area contributed by atoms with Crippen LogP contribution in [0.1, 0.15) is 59.1 Å². The number of ether oxygens (including phenoxy) is 3. The number of esters is 1. The van der Waals surface area contributed by atoms with Crippen LogP contribution in [0.15, 0.2) is 91.5 Å². The van der Waals surface area contributed by atoms with Crippen molar-refractivity contribution >= 4 is 22.6 Å². The third-order valence-electron chi connectivity index (χ3n) is 8.06. The quantitative estimate of drug-likeness (QED) is 0.162. The maximum atomic E-state index is 12.9. The zero-order valence-corrected chi connectivity index (χ0v) is 27.3. The monoisotopic (exact) mass is 602 g/mol. The molecule has 1 N–H and O–H groups in total. The first-order valence-electron chi connectivity index (χ1n) is 15.1. The van der Waals surface area contributed by atoms with Crippen LogP contribution in [0.4, 0.5) is 0 Å². The van der Waals surface area contributed by atoms with Crippen LogP contribution in [-0.2, 0) is 17.8 Å². The lowest BCUT2D eigenvalue weighted by atomic mass is 9.98. The van der Waals surface area contributed by atoms with Crippen LogP contribution in [0.3, 0.4) is 0 Å². The standard InChI is InChI=1S/C39H42N2O4/c1-25-27(3)41(24-28-13-15-30(16-14-28)34-11-9-10-12-35(34)38(42)45-39(4,5)6)37-18-17-31(21-36(25)37)26(2)40-23-29-19-32(43-7)22-33(20-29)44-8/h9-22,40H,2,23-24H2,1,3-8H3. The number of fused-ring (bicyclic) bond motifs is 1. The Morgan fingerprint density at radius 2 is 1.51 bits per heavy atom. The lowest BCUT2D eigenvalue weighted by Crippen LogP contribution is -2.24. The van der Waals surface area contributed by atoms with Gasteiger partial charge in [0, 0.05) is 41.4 Å². The number of rotatable bonds is 10. The third kappa shape index (κ3) is 7.07. The summed E-state index contributed by atoms with van der Waals surface area (Å²) < 4.78 is 18.8. The van der Waals surface area contributed by atoms with Crippen molar-refractivity contribution < 1.29 is 19.0 Å². The predicted octanol–water partition coefficient (Wildman–Crippen LogP) is 8.71. The SMILES string of the molecule is C=C(NCc1cc(OC)cc(OC)c1)c1ccc2c(c1)c(C)c(C)n2Cc1ccc(-c2ccccc2C(=O)OC(C)(C)C)cc1. The number of carbonyl (C=O) groups is 1. The smallest absolute Gasteiger partial charge is 0.339 e. The lowest BCUT2D eigenvalue weighted by molar-refractivity contribution is 0.00704. The zero-order valence-electron chi connectivity index (χ0n) is 27.3. The van der Waals surface area contributed by atoms with Crippen molar-refractivity contribution in [2.45, 2.75) is 53.3 Å². The minimum atomic E-state index is -0.556. The van der Waals surface area contributed by atoms with Crippen LogP contribution in [-0.4, -0.2) is 30.4 Å². The van der Waals surface area contributed by atoms with Gasteiger partial charge in [0.2, 0.25) is 0 Å². The Bertz CT molecular complexity index is 1840. The third-order valence-corrected chi connectivity index (χ3v) is 8.06. The van der Waals surface area contributed by atoms with E-state index >= 15 is 0 Å². The van der Waals surface area contributed by atoms with Gasteiger partial charge in [0.05, 0.1) is 19.8 Å². The average Bonchev–Trinajstić information content (AvgIpc) is 3.27. The molecule has 5 rings (SSSR count). The molecule has 0 bridgehead atoms. The molecule has 0 saturated carbocycles. The number of benzene rings is 4. The fourth-order valence-electron chi connectivity index (χ4n) is 5.54. The van der Waals surface area contributed by atoms with E-state index in [1.54, 1.807) is 14.2 Å². The normalized spacial score (nSPS) is 11.4. The summed E-state index contributed by atoms with van der Waals surface area (Å²) in [4.78, 5) is 12.9. The molecule has 0 saturated heterocycles. The molecule has 4 aromatic carbocycles. The molecule has 0 radical (unpaired) electrons. The Morgan fingerprint density at radius 3 is 2.16 bits per heavy atom. The van der Waals surface area contributed by atoms with E-state index < -0.39 is 5.60 Å². The molecule has 0 amide bonds. The first kappa shape index (κ1) is 31.5. The second kappa shape index (κ2) is 12.9. The maximum absolute atomic E-state index is 12.9. The number of carbonyl (C=O) groups excluding carboxylic acids is 1. The zero-order chi connectivity index (χ0) is 32.3. The number of hydrogen-bond donors (Lipinski definition) is 1. The van der Waals surface area contributed by atoms with Gasteiger partial charge >= 0.3 is 5.97 Å². The molecular formula is C39H42N2O4. The van der Waals surface area contributed by atoms with Crippen molar-refractivity contribution in [3.8, 4) is 22.6 Å². The average molecular weight is 603 g/mol. The fourth-order valence-corrected chi connectivity index (χ4v) is 5.54. The van der Waals surface area contributed by atoms with Gasteiger partial charge < -0.3 is 24.1 Å². The van der Waals surface area contributed by atoms with E-state index in [-0.39, 0.29) is 5.97 Å². The Morgan fingerprint density at radius 1 is 0.844 bits per heavy atom. The minimum Gasteiger partial charge on any atom is -0.497 e. The van der Waals surface area contributed by atoms with Crippen LogP contribution in [0.25, 0.3) is 27.7 Å². The van der Waals surface area contributed by atoms with Crippen molar-refractivity contribution in [2.24, 2.45) is 0 Å². The molecule has 232 valence electrons. The molecule has 0 aliphatic carbocycles. The molecule has 0 atom stereocenters. The number of nitrogens with one attached hydrogen (secondary N) is 1. The first-order valence-corrected chi connectivity index (χ1v) is 15.1. The van der Waals surface area contributed by atoms with Gasteiger partial charge in [0.25, 0.3) is 0 Å². The number of aryl methyl sites for hydroxylation is 1. The number of nitrogens with zero attached hydrogens (tertiary/aromatic N) is 1. The van der Waals surface area contributed by atoms with Crippen molar-refractivity contribution in [3.63, 3.8) is 0 Å². The van der Waals surface area contributed by atoms with Crippen molar-refractivity contribution in [1.82, 2.24) is 9.88 Å². The van der Waals surface area contributed by atoms with E-state index in [4.69, 9.17) is 14.2 Å². The Kier molecular flexibility index (Phi) is 9.05. The molecule has 0 aliphatic heterocycles. The van der Waals surface area contributed by atoms with Gasteiger partial charge in [0.15, 0.2) is 0 Å². The van der Waals surface area contributed by atoms with Gasteiger partial charge in [-0.3, -0.25) is 0 Å². The van der Waals surface area contributed by atoms with E-state index in [9.17, 15) is 4.79 Å². The van der Waals surface area contributed by atoms with E-state index in [1.165, 1.54) is 27.7 Å². The summed E-state index contributed by atoms with van der Waals surface area (Å²) in [6, 6.07) is 28.4. The second-order valence-corrected chi connectivity index (χ2v) is 12.3. The van der Waals surface area contributed by atoms with Crippen LogP contribution < -0.4 is 14.8 Å². The first-order chi connectivity index (χ1) is 21.5. The molecule has 0 fully saturated rings. The minimum absolute atomic E-state index is 0.315.